The summed E-state index contributed by atoms with van der Waals surface area (Å²) in [6.45, 7) is 2.00. The third-order valence-corrected chi connectivity index (χ3v) is 2.06. The minimum atomic E-state index is 0.572. The van der Waals surface area contributed by atoms with Gasteiger partial charge in [0.1, 0.15) is 12.6 Å². The van der Waals surface area contributed by atoms with Crippen LogP contribution in [0.3, 0.4) is 0 Å². The molecule has 19 heavy (non-hydrogen) atoms. The molecule has 0 bridgehead atoms. The molecule has 0 fully saturated rings. The molecule has 0 saturated heterocycles. The molecule has 0 aliphatic rings. The quantitative estimate of drug-likeness (QED) is 0.664. The van der Waals surface area contributed by atoms with Crippen molar-refractivity contribution in [2.75, 3.05) is 5.73 Å². The summed E-state index contributed by atoms with van der Waals surface area (Å²) in [7, 11) is 0. The lowest BCUT2D eigenvalue weighted by molar-refractivity contribution is -0.0979. The Bertz CT molecular complexity index is 536. The number of nitrogen functional groups attached to an aromatic ring is 1. The number of anilines is 1. The van der Waals surface area contributed by atoms with Gasteiger partial charge in [-0.15, -0.1) is 0 Å². The second kappa shape index (κ2) is 8.30. The van der Waals surface area contributed by atoms with Gasteiger partial charge in [0.05, 0.1) is 0 Å². The van der Waals surface area contributed by atoms with E-state index in [-0.39, 0.29) is 0 Å². The number of hydrogen-bond acceptors (Lipinski definition) is 5. The van der Waals surface area contributed by atoms with Crippen LogP contribution in [0.1, 0.15) is 0 Å². The predicted molar refractivity (Wildman–Crippen MR) is 75.3 cm³/mol. The number of pyridine rings is 3. The van der Waals surface area contributed by atoms with Crippen molar-refractivity contribution in [3.05, 3.63) is 61.1 Å². The van der Waals surface area contributed by atoms with Gasteiger partial charge < -0.3 is 10.5 Å². The van der Waals surface area contributed by atoms with Gasteiger partial charge in [0.2, 0.25) is 0 Å². The summed E-state index contributed by atoms with van der Waals surface area (Å²) in [5.74, 6) is 0.572. The van der Waals surface area contributed by atoms with E-state index in [2.05, 4.69) is 15.0 Å². The number of carbonyl (C=O) groups is 1. The molecule has 0 aromatic carbocycles. The van der Waals surface area contributed by atoms with Crippen LogP contribution in [0.2, 0.25) is 0 Å². The lowest BCUT2D eigenvalue weighted by Crippen LogP contribution is -1.85. The van der Waals surface area contributed by atoms with Crippen molar-refractivity contribution < 1.29 is 4.79 Å². The predicted octanol–water partition coefficient (Wildman–Crippen LogP) is 2.11. The van der Waals surface area contributed by atoms with Gasteiger partial charge in [-0.05, 0) is 36.4 Å². The van der Waals surface area contributed by atoms with Gasteiger partial charge in [0, 0.05) is 24.0 Å². The lowest BCUT2D eigenvalue weighted by atomic mass is 10.3. The summed E-state index contributed by atoms with van der Waals surface area (Å²) in [6.07, 6.45) is 5.15. The van der Waals surface area contributed by atoms with Crippen molar-refractivity contribution in [2.45, 2.75) is 0 Å². The van der Waals surface area contributed by atoms with Gasteiger partial charge in [-0.1, -0.05) is 6.07 Å². The molecule has 0 radical (unpaired) electrons. The molecule has 0 aliphatic heterocycles. The van der Waals surface area contributed by atoms with E-state index in [0.29, 0.717) is 5.82 Å². The molecule has 0 amide bonds. The average molecular weight is 254 g/mol. The monoisotopic (exact) mass is 254 g/mol. The Hall–Kier alpha value is -2.82. The molecular weight excluding hydrogens is 240 g/mol. The van der Waals surface area contributed by atoms with Gasteiger partial charge in [0.25, 0.3) is 0 Å². The Morgan fingerprint density at radius 1 is 0.789 bits per heavy atom. The van der Waals surface area contributed by atoms with Crippen molar-refractivity contribution in [2.24, 2.45) is 0 Å². The highest BCUT2D eigenvalue weighted by Gasteiger charge is 1.88. The topological polar surface area (TPSA) is 81.8 Å². The zero-order chi connectivity index (χ0) is 13.9. The molecule has 3 aromatic rings. The number of nitrogens with two attached hydrogens (primary N) is 1. The summed E-state index contributed by atoms with van der Waals surface area (Å²) in [6, 6.07) is 13.2. The molecule has 2 N–H and O–H groups in total. The molecule has 0 spiro atoms. The molecule has 0 unspecified atom stereocenters. The lowest BCUT2D eigenvalue weighted by Gasteiger charge is -1.90. The van der Waals surface area contributed by atoms with Crippen molar-refractivity contribution in [3.8, 4) is 0 Å². The number of nitrogens with zero attached hydrogens (tertiary/aromatic N) is 3. The summed E-state index contributed by atoms with van der Waals surface area (Å²) >= 11 is 0. The third kappa shape index (κ3) is 4.91. The van der Waals surface area contributed by atoms with Crippen LogP contribution >= 0.6 is 0 Å². The van der Waals surface area contributed by atoms with Crippen LogP contribution in [0.15, 0.2) is 61.1 Å². The van der Waals surface area contributed by atoms with Crippen LogP contribution in [0, 0.1) is 0 Å². The molecule has 3 heterocycles. The van der Waals surface area contributed by atoms with Gasteiger partial charge in [-0.3, -0.25) is 0 Å². The third-order valence-electron chi connectivity index (χ3n) is 2.06. The second-order valence-corrected chi connectivity index (χ2v) is 3.31. The Balaban J connectivity index is 0.000000177. The van der Waals surface area contributed by atoms with Crippen molar-refractivity contribution in [1.29, 1.82) is 0 Å². The maximum absolute atomic E-state index is 8.00. The van der Waals surface area contributed by atoms with E-state index < -0.39 is 0 Å². The summed E-state index contributed by atoms with van der Waals surface area (Å²) in [4.78, 5) is 19.9. The molecule has 0 atom stereocenters. The number of fused-ring (bicyclic) bond motifs is 1. The normalized spacial score (nSPS) is 8.63. The molecule has 5 heteroatoms. The maximum atomic E-state index is 8.00. The first-order valence-electron chi connectivity index (χ1n) is 5.47. The van der Waals surface area contributed by atoms with E-state index in [4.69, 9.17) is 10.5 Å². The first-order valence-corrected chi connectivity index (χ1v) is 5.47. The molecule has 5 nitrogen and oxygen atoms in total. The number of rotatable bonds is 0. The minimum absolute atomic E-state index is 0.572. The van der Waals surface area contributed by atoms with E-state index >= 15 is 0 Å². The zero-order valence-corrected chi connectivity index (χ0v) is 10.3. The highest BCUT2D eigenvalue weighted by atomic mass is 16.1. The van der Waals surface area contributed by atoms with Gasteiger partial charge in [0.15, 0.2) is 5.65 Å². The zero-order valence-electron chi connectivity index (χ0n) is 10.3. The van der Waals surface area contributed by atoms with Crippen molar-refractivity contribution in [1.82, 2.24) is 15.0 Å². The van der Waals surface area contributed by atoms with E-state index in [1.807, 2.05) is 43.2 Å². The number of carbonyl (C=O) groups excluding carboxylic acids is 1. The highest BCUT2D eigenvalue weighted by Crippen LogP contribution is 2.04. The van der Waals surface area contributed by atoms with Crippen LogP contribution in [0.5, 0.6) is 0 Å². The molecule has 96 valence electrons. The molecule has 0 aliphatic carbocycles. The van der Waals surface area contributed by atoms with E-state index in [9.17, 15) is 0 Å². The first-order chi connectivity index (χ1) is 9.36. The highest BCUT2D eigenvalue weighted by molar-refractivity contribution is 5.73. The van der Waals surface area contributed by atoms with E-state index in [0.717, 1.165) is 11.0 Å². The Morgan fingerprint density at radius 3 is 1.74 bits per heavy atom. The fourth-order valence-corrected chi connectivity index (χ4v) is 1.28. The number of hydrogen-bond donors (Lipinski definition) is 1. The fraction of sp³-hybridized carbons (Fsp3) is 0. The standard InChI is InChI=1S/C8H6N2.C5H6N2.CH2O/c1-3-7-4-2-6-10-8(7)9-5-1;6-5-3-1-2-4-7-5;1-2/h1-6H;1-4H,(H2,6,7);1H2. The molecule has 3 aromatic heterocycles. The fourth-order valence-electron chi connectivity index (χ4n) is 1.28. The van der Waals surface area contributed by atoms with E-state index in [1.165, 1.54) is 0 Å². The largest absolute Gasteiger partial charge is 0.384 e. The van der Waals surface area contributed by atoms with Crippen LogP contribution in [-0.4, -0.2) is 21.7 Å². The summed E-state index contributed by atoms with van der Waals surface area (Å²) < 4.78 is 0. The van der Waals surface area contributed by atoms with Crippen molar-refractivity contribution >= 4 is 23.6 Å². The second-order valence-electron chi connectivity index (χ2n) is 3.31. The Labute approximate surface area is 111 Å². The van der Waals surface area contributed by atoms with Crippen LogP contribution in [0.25, 0.3) is 11.0 Å². The minimum Gasteiger partial charge on any atom is -0.384 e. The summed E-state index contributed by atoms with van der Waals surface area (Å²) in [5, 5.41) is 1.09. The maximum Gasteiger partial charge on any atom is 0.159 e. The van der Waals surface area contributed by atoms with Gasteiger partial charge >= 0.3 is 0 Å². The van der Waals surface area contributed by atoms with Crippen LogP contribution in [0.4, 0.5) is 5.82 Å². The van der Waals surface area contributed by atoms with Crippen LogP contribution in [-0.2, 0) is 4.79 Å². The van der Waals surface area contributed by atoms with E-state index in [1.54, 1.807) is 24.7 Å². The molecular formula is C14H14N4O. The number of aromatic nitrogens is 3. The van der Waals surface area contributed by atoms with Gasteiger partial charge in [-0.25, -0.2) is 15.0 Å². The molecule has 0 saturated carbocycles. The van der Waals surface area contributed by atoms with Crippen molar-refractivity contribution in [3.63, 3.8) is 0 Å². The first kappa shape index (κ1) is 14.2. The Morgan fingerprint density at radius 2 is 1.37 bits per heavy atom. The smallest absolute Gasteiger partial charge is 0.159 e. The molecule has 3 rings (SSSR count). The summed E-state index contributed by atoms with van der Waals surface area (Å²) in [5.41, 5.74) is 6.06. The average Bonchev–Trinajstić information content (AvgIpc) is 2.51. The van der Waals surface area contributed by atoms with Crippen LogP contribution < -0.4 is 5.73 Å². The SMILES string of the molecule is C=O.Nc1ccccn1.c1cnc2ncccc2c1. The van der Waals surface area contributed by atoms with Gasteiger partial charge in [-0.2, -0.15) is 0 Å². The Kier molecular flexibility index (Phi) is 6.22.